The summed E-state index contributed by atoms with van der Waals surface area (Å²) in [5.74, 6) is 0. The minimum Gasteiger partial charge on any atom is 2.00 e. The van der Waals surface area contributed by atoms with Gasteiger partial charge in [0.25, 0.3) is 0 Å². The molecule has 0 spiro atoms. The van der Waals surface area contributed by atoms with Gasteiger partial charge in [-0.2, -0.15) is 0 Å². The van der Waals surface area contributed by atoms with Crippen molar-refractivity contribution in [1.82, 2.24) is 0 Å². The molecule has 0 aromatic heterocycles. The maximum absolute atomic E-state index is 8.72. The van der Waals surface area contributed by atoms with Gasteiger partial charge in [-0.25, -0.2) is 0 Å². The van der Waals surface area contributed by atoms with Crippen LogP contribution in [0.2, 0.25) is 0 Å². The average molecular weight is 164 g/mol. The molecule has 0 radical (unpaired) electrons. The first-order valence-electron chi connectivity index (χ1n) is 0.748. The van der Waals surface area contributed by atoms with Crippen LogP contribution in [0, 0.1) is 0 Å². The Morgan fingerprint density at radius 3 is 1.50 bits per heavy atom. The zero-order chi connectivity index (χ0) is 4.50. The number of hydrogen-bond acceptors (Lipinski definition) is 3. The molecule has 0 unspecified atom stereocenters. The van der Waals surface area contributed by atoms with E-state index >= 15 is 0 Å². The zero-order valence-electron chi connectivity index (χ0n) is 2.83. The molecule has 1 N–H and O–H groups in total. The predicted octanol–water partition coefficient (Wildman–Crippen LogP) is -3.82. The molecule has 0 rings (SSSR count). The van der Waals surface area contributed by atoms with Gasteiger partial charge < -0.3 is 0 Å². The molecule has 32 valence electrons. The van der Waals surface area contributed by atoms with E-state index < -0.39 is 14.5 Å². The Kier molecular flexibility index (Phi) is 5.15. The van der Waals surface area contributed by atoms with E-state index in [1.54, 1.807) is 0 Å². The third-order valence-electron chi connectivity index (χ3n) is 0. The van der Waals surface area contributed by atoms with Gasteiger partial charge in [-0.1, -0.05) is 0 Å². The standard InChI is InChI=1S/AsH3O4.Mg/c2-1(3,4)5;/h(H3,2,3,4,5);/q;+2/p-2. The van der Waals surface area contributed by atoms with Gasteiger partial charge in [-0.3, -0.25) is 0 Å². The van der Waals surface area contributed by atoms with Crippen LogP contribution >= 0.6 is 0 Å². The third kappa shape index (κ3) is 79.5. The Balaban J connectivity index is 0. The second kappa shape index (κ2) is 3.07. The van der Waals surface area contributed by atoms with Crippen molar-refractivity contribution < 1.29 is 16.0 Å². The summed E-state index contributed by atoms with van der Waals surface area (Å²) in [7, 11) is 0. The van der Waals surface area contributed by atoms with Gasteiger partial charge in [0, 0.05) is 0 Å². The van der Waals surface area contributed by atoms with Crippen LogP contribution in [-0.2, 0) is 3.74 Å². The van der Waals surface area contributed by atoms with Crippen LogP contribution in [0.15, 0.2) is 0 Å². The van der Waals surface area contributed by atoms with E-state index in [1.807, 2.05) is 0 Å². The first-order valence-corrected chi connectivity index (χ1v) is 3.89. The summed E-state index contributed by atoms with van der Waals surface area (Å²) in [6.07, 6.45) is 0. The smallest absolute Gasteiger partial charge is 2.00 e. The minimum atomic E-state index is -5.62. The molecule has 0 heterocycles. The molecule has 0 bridgehead atoms. The monoisotopic (exact) mass is 164 g/mol. The summed E-state index contributed by atoms with van der Waals surface area (Å²) >= 11 is -5.62. The SMILES string of the molecule is O=[As]([O-])([O-])O.[Mg+2]. The minimum absolute atomic E-state index is 0. The van der Waals surface area contributed by atoms with Crippen molar-refractivity contribution in [1.29, 1.82) is 0 Å². The fraction of sp³-hybridized carbons (Fsp3) is 0. The van der Waals surface area contributed by atoms with Crippen molar-refractivity contribution in [2.24, 2.45) is 0 Å². The Morgan fingerprint density at radius 2 is 1.50 bits per heavy atom. The van der Waals surface area contributed by atoms with Crippen molar-refractivity contribution in [3.05, 3.63) is 0 Å². The maximum Gasteiger partial charge on any atom is 2.00 e. The molecule has 0 fully saturated rings. The van der Waals surface area contributed by atoms with Crippen LogP contribution in [0.4, 0.5) is 0 Å². The second-order valence-electron chi connectivity index (χ2n) is 0.469. The fourth-order valence-electron chi connectivity index (χ4n) is 0. The molecule has 0 atom stereocenters. The Hall–Kier alpha value is 1.00. The fourth-order valence-corrected chi connectivity index (χ4v) is 0. The first-order chi connectivity index (χ1) is 2.00. The van der Waals surface area contributed by atoms with Crippen molar-refractivity contribution in [3.63, 3.8) is 0 Å². The molecule has 0 aliphatic carbocycles. The molecule has 0 aromatic rings. The van der Waals surface area contributed by atoms with Crippen molar-refractivity contribution >= 4 is 37.6 Å². The van der Waals surface area contributed by atoms with Gasteiger partial charge in [-0.15, -0.1) is 0 Å². The van der Waals surface area contributed by atoms with Crippen molar-refractivity contribution in [3.8, 4) is 0 Å². The van der Waals surface area contributed by atoms with E-state index in [0.717, 1.165) is 0 Å². The predicted molar refractivity (Wildman–Crippen MR) is 14.4 cm³/mol. The van der Waals surface area contributed by atoms with Crippen molar-refractivity contribution in [2.45, 2.75) is 0 Å². The Bertz CT molecular complexity index is 53.7. The van der Waals surface area contributed by atoms with Gasteiger partial charge in [-0.05, 0) is 0 Å². The van der Waals surface area contributed by atoms with Gasteiger partial charge in [0.2, 0.25) is 0 Å². The molecule has 0 aliphatic rings. The third-order valence-corrected chi connectivity index (χ3v) is 0. The summed E-state index contributed by atoms with van der Waals surface area (Å²) in [6, 6.07) is 0. The van der Waals surface area contributed by atoms with E-state index in [1.165, 1.54) is 0 Å². The average Bonchev–Trinajstić information content (AvgIpc) is 0.722. The van der Waals surface area contributed by atoms with Crippen LogP contribution in [0.1, 0.15) is 0 Å². The second-order valence-corrected chi connectivity index (χ2v) is 2.43. The van der Waals surface area contributed by atoms with Crippen LogP contribution in [0.25, 0.3) is 0 Å². The molecule has 0 saturated heterocycles. The Labute approximate surface area is 53.7 Å². The first kappa shape index (κ1) is 10.1. The molecule has 0 aromatic carbocycles. The van der Waals surface area contributed by atoms with Gasteiger partial charge >= 0.3 is 53.6 Å². The topological polar surface area (TPSA) is 83.4 Å². The van der Waals surface area contributed by atoms with Crippen LogP contribution < -0.4 is 8.19 Å². The van der Waals surface area contributed by atoms with Crippen LogP contribution in [-0.4, -0.2) is 41.7 Å². The van der Waals surface area contributed by atoms with Crippen LogP contribution in [0.3, 0.4) is 0 Å². The molecule has 4 nitrogen and oxygen atoms in total. The van der Waals surface area contributed by atoms with Gasteiger partial charge in [0.05, 0.1) is 0 Å². The number of rotatable bonds is 0. The zero-order valence-corrected chi connectivity index (χ0v) is 6.12. The largest absolute Gasteiger partial charge is 2.00 e. The van der Waals surface area contributed by atoms with E-state index in [0.29, 0.717) is 0 Å². The van der Waals surface area contributed by atoms with E-state index in [4.69, 9.17) is 16.0 Å². The maximum atomic E-state index is 8.72. The summed E-state index contributed by atoms with van der Waals surface area (Å²) < 4.78 is 33.2. The van der Waals surface area contributed by atoms with E-state index in [2.05, 4.69) is 0 Å². The molecular weight excluding hydrogens is 163 g/mol. The molecule has 0 saturated carbocycles. The molecule has 6 heteroatoms. The van der Waals surface area contributed by atoms with Gasteiger partial charge in [0.1, 0.15) is 0 Å². The molecule has 0 amide bonds. The molecule has 6 heavy (non-hydrogen) atoms. The quantitative estimate of drug-likeness (QED) is 0.372. The van der Waals surface area contributed by atoms with Crippen LogP contribution in [0.5, 0.6) is 0 Å². The Morgan fingerprint density at radius 1 is 1.50 bits per heavy atom. The number of hydrogen-bond donors (Lipinski definition) is 1. The summed E-state index contributed by atoms with van der Waals surface area (Å²) in [6.45, 7) is 0. The van der Waals surface area contributed by atoms with E-state index in [-0.39, 0.29) is 23.1 Å². The summed E-state index contributed by atoms with van der Waals surface area (Å²) in [4.78, 5) is 0. The normalized spacial score (nSPS) is 9.83. The van der Waals surface area contributed by atoms with Gasteiger partial charge in [0.15, 0.2) is 0 Å². The summed E-state index contributed by atoms with van der Waals surface area (Å²) in [5.41, 5.74) is 0. The molecule has 0 aliphatic heterocycles. The van der Waals surface area contributed by atoms with E-state index in [9.17, 15) is 0 Å². The molecular formula is HAsMgO4. The summed E-state index contributed by atoms with van der Waals surface area (Å²) in [5, 5.41) is 0. The van der Waals surface area contributed by atoms with Crippen molar-refractivity contribution in [2.75, 3.05) is 0 Å².